The van der Waals surface area contributed by atoms with Gasteiger partial charge in [0.15, 0.2) is 0 Å². The van der Waals surface area contributed by atoms with Crippen LogP contribution in [0.2, 0.25) is 0 Å². The molecule has 0 unspecified atom stereocenters. The van der Waals surface area contributed by atoms with Crippen LogP contribution in [0.4, 0.5) is 43.4 Å². The van der Waals surface area contributed by atoms with Crippen LogP contribution in [-0.2, 0) is 25.4 Å². The van der Waals surface area contributed by atoms with Gasteiger partial charge in [-0.25, -0.2) is 9.97 Å². The minimum Gasteiger partial charge on any atom is -0.397 e. The predicted octanol–water partition coefficient (Wildman–Crippen LogP) is 7.89. The van der Waals surface area contributed by atoms with Crippen molar-refractivity contribution in [1.29, 1.82) is 0 Å². The maximum absolute atomic E-state index is 13.5. The second-order valence-corrected chi connectivity index (χ2v) is 11.1. The molecule has 0 aliphatic heterocycles. The molecule has 5 N–H and O–H groups in total. The molecule has 0 bridgehead atoms. The SMILES string of the molecule is Nc1cc(C(F)(F)F)c(NCc2ccccc2)cc1-n1ccnc1.O=c1[nH]c2cc(C(F)(F)F)c(NCc3ccccc3)cc2n2ccnc12. The summed E-state index contributed by atoms with van der Waals surface area (Å²) in [5.41, 5.74) is 6.42. The molecule has 0 saturated heterocycles. The number of aromatic nitrogens is 5. The summed E-state index contributed by atoms with van der Waals surface area (Å²) in [5.74, 6) is 0. The number of nitrogens with two attached hydrogens (primary N) is 1. The van der Waals surface area contributed by atoms with Gasteiger partial charge < -0.3 is 25.9 Å². The van der Waals surface area contributed by atoms with E-state index in [4.69, 9.17) is 5.73 Å². The van der Waals surface area contributed by atoms with Crippen LogP contribution < -0.4 is 21.9 Å². The van der Waals surface area contributed by atoms with Gasteiger partial charge in [-0.3, -0.25) is 9.20 Å². The average molecular weight is 691 g/mol. The Morgan fingerprint density at radius 3 is 1.88 bits per heavy atom. The van der Waals surface area contributed by atoms with E-state index in [9.17, 15) is 31.1 Å². The number of H-pyrrole nitrogens is 1. The summed E-state index contributed by atoms with van der Waals surface area (Å²) in [4.78, 5) is 22.3. The van der Waals surface area contributed by atoms with Gasteiger partial charge in [0.05, 0.1) is 39.9 Å². The molecular formula is C35H28F6N8O. The number of alkyl halides is 6. The van der Waals surface area contributed by atoms with Gasteiger partial charge in [0.1, 0.15) is 0 Å². The molecule has 15 heteroatoms. The fourth-order valence-electron chi connectivity index (χ4n) is 5.31. The van der Waals surface area contributed by atoms with Crippen LogP contribution in [-0.4, -0.2) is 23.9 Å². The second kappa shape index (κ2) is 13.7. The maximum Gasteiger partial charge on any atom is 0.418 e. The fourth-order valence-corrected chi connectivity index (χ4v) is 5.31. The zero-order valence-corrected chi connectivity index (χ0v) is 25.9. The molecule has 9 nitrogen and oxygen atoms in total. The molecule has 7 rings (SSSR count). The average Bonchev–Trinajstić information content (AvgIpc) is 3.81. The first-order chi connectivity index (χ1) is 23.9. The largest absolute Gasteiger partial charge is 0.418 e. The van der Waals surface area contributed by atoms with E-state index in [0.717, 1.165) is 23.3 Å². The quantitative estimate of drug-likeness (QED) is 0.0999. The third-order valence-corrected chi connectivity index (χ3v) is 7.70. The van der Waals surface area contributed by atoms with Gasteiger partial charge in [0.25, 0.3) is 5.56 Å². The van der Waals surface area contributed by atoms with Crippen molar-refractivity contribution in [2.45, 2.75) is 25.4 Å². The molecule has 3 heterocycles. The van der Waals surface area contributed by atoms with Crippen molar-refractivity contribution >= 4 is 33.7 Å². The molecule has 50 heavy (non-hydrogen) atoms. The highest BCUT2D eigenvalue weighted by molar-refractivity contribution is 5.83. The van der Waals surface area contributed by atoms with Gasteiger partial charge in [-0.1, -0.05) is 60.7 Å². The Balaban J connectivity index is 0.000000174. The molecule has 7 aromatic rings. The van der Waals surface area contributed by atoms with Gasteiger partial charge in [0.2, 0.25) is 5.65 Å². The first kappa shape index (κ1) is 33.6. The molecule has 0 atom stereocenters. The number of halogens is 6. The Hall–Kier alpha value is -6.25. The zero-order chi connectivity index (χ0) is 35.5. The first-order valence-corrected chi connectivity index (χ1v) is 15.0. The van der Waals surface area contributed by atoms with E-state index in [1.54, 1.807) is 17.0 Å². The van der Waals surface area contributed by atoms with Gasteiger partial charge in [-0.15, -0.1) is 0 Å². The summed E-state index contributed by atoms with van der Waals surface area (Å²) in [7, 11) is 0. The van der Waals surface area contributed by atoms with Crippen molar-refractivity contribution in [2.75, 3.05) is 16.4 Å². The third-order valence-electron chi connectivity index (χ3n) is 7.70. The van der Waals surface area contributed by atoms with Crippen LogP contribution in [0.1, 0.15) is 22.3 Å². The van der Waals surface area contributed by atoms with Gasteiger partial charge in [-0.05, 0) is 35.4 Å². The lowest BCUT2D eigenvalue weighted by atomic mass is 10.1. The van der Waals surface area contributed by atoms with Crippen molar-refractivity contribution in [3.63, 3.8) is 0 Å². The Kier molecular flexibility index (Phi) is 9.22. The molecule has 0 radical (unpaired) electrons. The lowest BCUT2D eigenvalue weighted by molar-refractivity contribution is -0.137. The standard InChI is InChI=1S/C18H13F3N4O.C17H15F3N4/c19-18(20,21)12-8-14-15(25-7-6-22-16(25)17(26)24-14)9-13(12)23-10-11-4-2-1-3-5-11;18-17(19,20)13-8-14(21)16(24-7-6-22-11-24)9-15(13)23-10-12-4-2-1-3-5-12/h1-9,23H,10H2,(H,24,26);1-9,11,23H,10,21H2. The molecule has 4 aromatic carbocycles. The summed E-state index contributed by atoms with van der Waals surface area (Å²) in [6.07, 6.45) is -1.44. The number of benzene rings is 4. The number of hydrogen-bond donors (Lipinski definition) is 4. The van der Waals surface area contributed by atoms with E-state index < -0.39 is 29.0 Å². The highest BCUT2D eigenvalue weighted by Crippen LogP contribution is 2.39. The van der Waals surface area contributed by atoms with E-state index >= 15 is 0 Å². The topological polar surface area (TPSA) is 118 Å². The van der Waals surface area contributed by atoms with Crippen molar-refractivity contribution in [3.05, 3.63) is 149 Å². The van der Waals surface area contributed by atoms with Crippen molar-refractivity contribution in [2.24, 2.45) is 0 Å². The van der Waals surface area contributed by atoms with Crippen LogP contribution in [0.5, 0.6) is 0 Å². The number of nitrogens with zero attached hydrogens (tertiary/aromatic N) is 4. The van der Waals surface area contributed by atoms with Crippen molar-refractivity contribution in [3.8, 4) is 5.69 Å². The van der Waals surface area contributed by atoms with E-state index in [0.29, 0.717) is 11.2 Å². The number of aromatic amines is 1. The Morgan fingerprint density at radius 1 is 0.740 bits per heavy atom. The minimum absolute atomic E-state index is 0.0238. The van der Waals surface area contributed by atoms with Crippen LogP contribution in [0, 0.1) is 0 Å². The number of rotatable bonds is 7. The lowest BCUT2D eigenvalue weighted by Gasteiger charge is -2.18. The van der Waals surface area contributed by atoms with E-state index in [1.807, 2.05) is 60.7 Å². The highest BCUT2D eigenvalue weighted by atomic mass is 19.4. The van der Waals surface area contributed by atoms with Gasteiger partial charge in [0, 0.05) is 49.3 Å². The maximum atomic E-state index is 13.5. The monoisotopic (exact) mass is 690 g/mol. The number of nitrogens with one attached hydrogen (secondary N) is 3. The van der Waals surface area contributed by atoms with Crippen LogP contribution in [0.3, 0.4) is 0 Å². The van der Waals surface area contributed by atoms with E-state index in [2.05, 4.69) is 25.6 Å². The number of nitrogen functional groups attached to an aromatic ring is 1. The van der Waals surface area contributed by atoms with Crippen molar-refractivity contribution < 1.29 is 26.3 Å². The number of anilines is 3. The Labute approximate surface area is 280 Å². The molecular weight excluding hydrogens is 662 g/mol. The number of hydrogen-bond acceptors (Lipinski definition) is 6. The molecule has 256 valence electrons. The summed E-state index contributed by atoms with van der Waals surface area (Å²) in [6.45, 7) is 0.517. The molecule has 0 spiro atoms. The zero-order valence-electron chi connectivity index (χ0n) is 25.9. The Bertz CT molecular complexity index is 2280. The van der Waals surface area contributed by atoms with E-state index in [1.165, 1.54) is 35.3 Å². The fraction of sp³-hybridized carbons (Fsp3) is 0.114. The van der Waals surface area contributed by atoms with Crippen LogP contribution >= 0.6 is 0 Å². The van der Waals surface area contributed by atoms with Gasteiger partial charge >= 0.3 is 12.4 Å². The first-order valence-electron chi connectivity index (χ1n) is 15.0. The summed E-state index contributed by atoms with van der Waals surface area (Å²) in [5, 5.41) is 5.71. The highest BCUT2D eigenvalue weighted by Gasteiger charge is 2.35. The predicted molar refractivity (Wildman–Crippen MR) is 179 cm³/mol. The second-order valence-electron chi connectivity index (χ2n) is 11.1. The molecule has 0 saturated carbocycles. The molecule has 0 aliphatic carbocycles. The van der Waals surface area contributed by atoms with E-state index in [-0.39, 0.29) is 41.3 Å². The molecule has 0 fully saturated rings. The van der Waals surface area contributed by atoms with Crippen LogP contribution in [0.25, 0.3) is 22.4 Å². The molecule has 3 aromatic heterocycles. The third kappa shape index (κ3) is 7.41. The molecule has 0 aliphatic rings. The molecule has 0 amide bonds. The summed E-state index contributed by atoms with van der Waals surface area (Å²) in [6, 6.07) is 23.0. The minimum atomic E-state index is -4.56. The van der Waals surface area contributed by atoms with Crippen molar-refractivity contribution in [1.82, 2.24) is 23.9 Å². The number of fused-ring (bicyclic) bond motifs is 3. The smallest absolute Gasteiger partial charge is 0.397 e. The normalized spacial score (nSPS) is 11.7. The lowest BCUT2D eigenvalue weighted by Crippen LogP contribution is -2.15. The Morgan fingerprint density at radius 2 is 1.32 bits per heavy atom. The summed E-state index contributed by atoms with van der Waals surface area (Å²) >= 11 is 0. The van der Waals surface area contributed by atoms with Crippen LogP contribution in [0.15, 0.2) is 121 Å². The summed E-state index contributed by atoms with van der Waals surface area (Å²) < 4.78 is 83.5. The van der Waals surface area contributed by atoms with Gasteiger partial charge in [-0.2, -0.15) is 26.3 Å². The number of imidazole rings is 2.